The molecule has 0 aliphatic rings. The Morgan fingerprint density at radius 1 is 1.22 bits per heavy atom. The van der Waals surface area contributed by atoms with E-state index in [-0.39, 0.29) is 11.5 Å². The lowest BCUT2D eigenvalue weighted by molar-refractivity contribution is -0.127. The second-order valence-electron chi connectivity index (χ2n) is 5.78. The minimum absolute atomic E-state index is 0.0103. The molecule has 0 bridgehead atoms. The zero-order chi connectivity index (χ0) is 20.0. The van der Waals surface area contributed by atoms with Gasteiger partial charge in [0.05, 0.1) is 12.9 Å². The fraction of sp³-hybridized carbons (Fsp3) is 0.353. The van der Waals surface area contributed by atoms with Crippen LogP contribution in [-0.4, -0.2) is 45.7 Å². The summed E-state index contributed by atoms with van der Waals surface area (Å²) < 4.78 is 58.6. The van der Waals surface area contributed by atoms with E-state index < -0.39 is 33.9 Å². The number of ether oxygens (including phenoxy) is 2. The summed E-state index contributed by atoms with van der Waals surface area (Å²) in [6, 6.07) is 5.71. The molecule has 2 rings (SSSR count). The number of nitrogens with zero attached hydrogens (tertiary/aromatic N) is 1. The van der Waals surface area contributed by atoms with Crippen LogP contribution < -0.4 is 9.47 Å². The fourth-order valence-corrected chi connectivity index (χ4v) is 4.39. The Hall–Kier alpha value is -2.20. The van der Waals surface area contributed by atoms with Gasteiger partial charge in [-0.1, -0.05) is 6.07 Å². The summed E-state index contributed by atoms with van der Waals surface area (Å²) in [4.78, 5) is 13.5. The lowest BCUT2D eigenvalue weighted by Crippen LogP contribution is -2.32. The Morgan fingerprint density at radius 3 is 2.56 bits per heavy atom. The molecule has 2 aromatic rings. The molecule has 27 heavy (non-hydrogen) atoms. The zero-order valence-corrected chi connectivity index (χ0v) is 16.4. The first kappa shape index (κ1) is 21.1. The topological polar surface area (TPSA) is 72.9 Å². The van der Waals surface area contributed by atoms with Crippen LogP contribution in [0.4, 0.5) is 8.78 Å². The van der Waals surface area contributed by atoms with Crippen molar-refractivity contribution >= 4 is 27.1 Å². The number of hydrogen-bond donors (Lipinski definition) is 0. The maximum atomic E-state index is 12.3. The van der Waals surface area contributed by atoms with Crippen molar-refractivity contribution in [2.75, 3.05) is 19.9 Å². The van der Waals surface area contributed by atoms with Crippen molar-refractivity contribution in [1.82, 2.24) is 4.90 Å². The van der Waals surface area contributed by atoms with Crippen LogP contribution in [0.15, 0.2) is 35.0 Å². The number of carbonyl (C=O) groups excluding carboxylic acids is 1. The molecule has 1 amide bonds. The van der Waals surface area contributed by atoms with Crippen LogP contribution in [0.2, 0.25) is 0 Å². The van der Waals surface area contributed by atoms with Crippen LogP contribution in [0.25, 0.3) is 0 Å². The van der Waals surface area contributed by atoms with Crippen molar-refractivity contribution in [2.24, 2.45) is 0 Å². The van der Waals surface area contributed by atoms with Crippen molar-refractivity contribution in [2.45, 2.75) is 18.9 Å². The maximum Gasteiger partial charge on any atom is 0.387 e. The number of halogens is 2. The van der Waals surface area contributed by atoms with Gasteiger partial charge in [-0.15, -0.1) is 0 Å². The first-order valence-corrected chi connectivity index (χ1v) is 10.5. The second-order valence-corrected chi connectivity index (χ2v) is 8.62. The predicted octanol–water partition coefficient (Wildman–Crippen LogP) is 2.93. The number of alkyl halides is 2. The molecular formula is C17H19F2NO5S2. The molecule has 10 heteroatoms. The van der Waals surface area contributed by atoms with E-state index in [0.29, 0.717) is 12.1 Å². The molecule has 0 aliphatic heterocycles. The molecule has 6 nitrogen and oxygen atoms in total. The minimum atomic E-state index is -3.75. The summed E-state index contributed by atoms with van der Waals surface area (Å²) >= 11 is 1.49. The van der Waals surface area contributed by atoms with Gasteiger partial charge in [-0.05, 0) is 40.1 Å². The van der Waals surface area contributed by atoms with Gasteiger partial charge in [-0.2, -0.15) is 20.1 Å². The quantitative estimate of drug-likeness (QED) is 0.625. The van der Waals surface area contributed by atoms with Gasteiger partial charge >= 0.3 is 6.61 Å². The molecule has 0 saturated carbocycles. The van der Waals surface area contributed by atoms with Gasteiger partial charge < -0.3 is 14.4 Å². The number of hydrogen-bond acceptors (Lipinski definition) is 6. The average molecular weight is 419 g/mol. The number of thiophene rings is 1. The molecule has 0 radical (unpaired) electrons. The molecule has 0 fully saturated rings. The summed E-state index contributed by atoms with van der Waals surface area (Å²) in [7, 11) is -0.956. The molecule has 0 unspecified atom stereocenters. The molecule has 1 heterocycles. The van der Waals surface area contributed by atoms with Crippen molar-refractivity contribution < 1.29 is 31.5 Å². The number of carbonyl (C=O) groups is 1. The van der Waals surface area contributed by atoms with Crippen molar-refractivity contribution in [1.29, 1.82) is 0 Å². The number of amides is 1. The zero-order valence-electron chi connectivity index (χ0n) is 14.7. The SMILES string of the molecule is COc1cc(CS(=O)(=O)CC(=O)N(C)Cc2ccsc2)ccc1OC(F)F. The van der Waals surface area contributed by atoms with Crippen LogP contribution >= 0.6 is 11.3 Å². The summed E-state index contributed by atoms with van der Waals surface area (Å²) in [6.45, 7) is -2.70. The van der Waals surface area contributed by atoms with E-state index in [1.165, 1.54) is 48.6 Å². The number of rotatable bonds is 9. The molecule has 0 atom stereocenters. The molecule has 0 aliphatic carbocycles. The van der Waals surface area contributed by atoms with Gasteiger partial charge in [0, 0.05) is 13.6 Å². The molecule has 1 aromatic heterocycles. The highest BCUT2D eigenvalue weighted by Gasteiger charge is 2.21. The van der Waals surface area contributed by atoms with E-state index in [9.17, 15) is 22.0 Å². The Labute approximate surface area is 160 Å². The minimum Gasteiger partial charge on any atom is -0.493 e. The first-order chi connectivity index (χ1) is 12.7. The highest BCUT2D eigenvalue weighted by Crippen LogP contribution is 2.30. The molecule has 0 N–H and O–H groups in total. The van der Waals surface area contributed by atoms with Gasteiger partial charge in [-0.3, -0.25) is 4.79 Å². The van der Waals surface area contributed by atoms with E-state index in [2.05, 4.69) is 4.74 Å². The lowest BCUT2D eigenvalue weighted by atomic mass is 10.2. The third-order valence-corrected chi connectivity index (χ3v) is 5.79. The summed E-state index contributed by atoms with van der Waals surface area (Å²) in [5, 5.41) is 3.76. The molecule has 0 saturated heterocycles. The third kappa shape index (κ3) is 6.47. The first-order valence-electron chi connectivity index (χ1n) is 7.77. The standard InChI is InChI=1S/C17H19F2NO5S2/c1-20(8-13-5-6-26-9-13)16(21)11-27(22,23)10-12-3-4-14(25-17(18)19)15(7-12)24-2/h3-7,9,17H,8,10-11H2,1-2H3. The Kier molecular flexibility index (Phi) is 7.14. The largest absolute Gasteiger partial charge is 0.493 e. The van der Waals surface area contributed by atoms with E-state index in [1.54, 1.807) is 0 Å². The summed E-state index contributed by atoms with van der Waals surface area (Å²) in [5.41, 5.74) is 1.23. The Bertz CT molecular complexity index is 869. The molecule has 1 aromatic carbocycles. The Balaban J connectivity index is 2.03. The van der Waals surface area contributed by atoms with Gasteiger partial charge in [0.25, 0.3) is 0 Å². The van der Waals surface area contributed by atoms with Crippen LogP contribution in [0, 0.1) is 0 Å². The van der Waals surface area contributed by atoms with Crippen LogP contribution in [0.3, 0.4) is 0 Å². The Morgan fingerprint density at radius 2 is 1.96 bits per heavy atom. The molecular weight excluding hydrogens is 400 g/mol. The normalized spacial score (nSPS) is 11.4. The number of benzene rings is 1. The summed E-state index contributed by atoms with van der Waals surface area (Å²) in [6.07, 6.45) is 0. The summed E-state index contributed by atoms with van der Waals surface area (Å²) in [5.74, 6) is -1.79. The van der Waals surface area contributed by atoms with Crippen molar-refractivity contribution in [3.8, 4) is 11.5 Å². The average Bonchev–Trinajstić information content (AvgIpc) is 3.07. The van der Waals surface area contributed by atoms with Gasteiger partial charge in [0.15, 0.2) is 21.3 Å². The maximum absolute atomic E-state index is 12.3. The smallest absolute Gasteiger partial charge is 0.387 e. The number of sulfone groups is 1. The van der Waals surface area contributed by atoms with E-state index in [0.717, 1.165) is 5.56 Å². The highest BCUT2D eigenvalue weighted by atomic mass is 32.2. The van der Waals surface area contributed by atoms with E-state index in [4.69, 9.17) is 4.74 Å². The fourth-order valence-electron chi connectivity index (χ4n) is 2.34. The monoisotopic (exact) mass is 419 g/mol. The van der Waals surface area contributed by atoms with Crippen LogP contribution in [0.1, 0.15) is 11.1 Å². The van der Waals surface area contributed by atoms with Crippen molar-refractivity contribution in [3.05, 3.63) is 46.2 Å². The van der Waals surface area contributed by atoms with E-state index in [1.807, 2.05) is 16.8 Å². The van der Waals surface area contributed by atoms with Gasteiger partial charge in [-0.25, -0.2) is 8.42 Å². The lowest BCUT2D eigenvalue weighted by Gasteiger charge is -2.17. The van der Waals surface area contributed by atoms with Crippen LogP contribution in [-0.2, 0) is 26.9 Å². The van der Waals surface area contributed by atoms with Gasteiger partial charge in [0.2, 0.25) is 5.91 Å². The number of methoxy groups -OCH3 is 1. The van der Waals surface area contributed by atoms with Crippen LogP contribution in [0.5, 0.6) is 11.5 Å². The predicted molar refractivity (Wildman–Crippen MR) is 97.9 cm³/mol. The third-order valence-electron chi connectivity index (χ3n) is 3.60. The highest BCUT2D eigenvalue weighted by molar-refractivity contribution is 7.91. The molecule has 148 valence electrons. The van der Waals surface area contributed by atoms with E-state index >= 15 is 0 Å². The molecule has 0 spiro atoms. The van der Waals surface area contributed by atoms with Gasteiger partial charge in [0.1, 0.15) is 5.75 Å². The van der Waals surface area contributed by atoms with Crippen molar-refractivity contribution in [3.63, 3.8) is 0 Å². The second kappa shape index (κ2) is 9.14.